The molecule has 0 radical (unpaired) electrons. The highest BCUT2D eigenvalue weighted by atomic mass is 16.4. The highest BCUT2D eigenvalue weighted by molar-refractivity contribution is 5.66. The number of carbonyl (C=O) groups is 1. The van der Waals surface area contributed by atoms with Crippen LogP contribution in [0.25, 0.3) is 0 Å². The Balaban J connectivity index is 2.90. The minimum absolute atomic E-state index is 0.192. The molecule has 0 unspecified atom stereocenters. The van der Waals surface area contributed by atoms with E-state index in [0.29, 0.717) is 6.54 Å². The van der Waals surface area contributed by atoms with Gasteiger partial charge < -0.3 is 10.4 Å². The lowest BCUT2D eigenvalue weighted by atomic mass is 10.4. The molecule has 0 amide bonds. The van der Waals surface area contributed by atoms with Gasteiger partial charge in [-0.25, -0.2) is 0 Å². The average Bonchev–Trinajstić information content (AvgIpc) is 1.87. The molecular formula is C7H13NO2. The Hall–Kier alpha value is -0.830. The van der Waals surface area contributed by atoms with Crippen LogP contribution in [0.15, 0.2) is 12.7 Å². The lowest BCUT2D eigenvalue weighted by Crippen LogP contribution is -2.18. The zero-order valence-electron chi connectivity index (χ0n) is 5.97. The fraction of sp³-hybridized carbons (Fsp3) is 0.571. The molecule has 0 aliphatic rings. The number of aliphatic carboxylic acids is 1. The summed E-state index contributed by atoms with van der Waals surface area (Å²) in [5.41, 5.74) is 0. The molecule has 0 aliphatic heterocycles. The Morgan fingerprint density at radius 2 is 2.30 bits per heavy atom. The lowest BCUT2D eigenvalue weighted by molar-refractivity contribution is -0.136. The molecule has 58 valence electrons. The minimum Gasteiger partial charge on any atom is -0.481 e. The van der Waals surface area contributed by atoms with Gasteiger partial charge >= 0.3 is 5.97 Å². The Morgan fingerprint density at radius 1 is 1.60 bits per heavy atom. The van der Waals surface area contributed by atoms with E-state index in [0.717, 1.165) is 13.0 Å². The van der Waals surface area contributed by atoms with Gasteiger partial charge in [-0.2, -0.15) is 0 Å². The third kappa shape index (κ3) is 7.17. The van der Waals surface area contributed by atoms with Crippen LogP contribution in [0.4, 0.5) is 0 Å². The van der Waals surface area contributed by atoms with Crippen LogP contribution >= 0.6 is 0 Å². The summed E-state index contributed by atoms with van der Waals surface area (Å²) in [6.45, 7) is 4.90. The van der Waals surface area contributed by atoms with Gasteiger partial charge in [-0.3, -0.25) is 4.79 Å². The van der Waals surface area contributed by atoms with E-state index >= 15 is 0 Å². The van der Waals surface area contributed by atoms with Crippen molar-refractivity contribution in [2.75, 3.05) is 13.1 Å². The summed E-state index contributed by atoms with van der Waals surface area (Å²) in [6.07, 6.45) is 2.88. The van der Waals surface area contributed by atoms with Gasteiger partial charge in [0.05, 0.1) is 6.42 Å². The van der Waals surface area contributed by atoms with E-state index in [1.807, 2.05) is 0 Å². The van der Waals surface area contributed by atoms with E-state index in [-0.39, 0.29) is 6.42 Å². The molecule has 0 bridgehead atoms. The highest BCUT2D eigenvalue weighted by Gasteiger charge is 1.93. The topological polar surface area (TPSA) is 49.3 Å². The first-order valence-electron chi connectivity index (χ1n) is 3.30. The molecule has 0 atom stereocenters. The highest BCUT2D eigenvalue weighted by Crippen LogP contribution is 1.78. The minimum atomic E-state index is -0.758. The SMILES string of the molecule is C=CCCNCCC(=O)O. The zero-order chi connectivity index (χ0) is 7.82. The molecule has 0 aromatic heterocycles. The first-order valence-corrected chi connectivity index (χ1v) is 3.30. The van der Waals surface area contributed by atoms with E-state index in [4.69, 9.17) is 5.11 Å². The van der Waals surface area contributed by atoms with Crippen LogP contribution in [-0.4, -0.2) is 24.2 Å². The van der Waals surface area contributed by atoms with E-state index in [2.05, 4.69) is 11.9 Å². The standard InChI is InChI=1S/C7H13NO2/c1-2-3-5-8-6-4-7(9)10/h2,8H,1,3-6H2,(H,9,10). The summed E-state index contributed by atoms with van der Waals surface area (Å²) in [7, 11) is 0. The monoisotopic (exact) mass is 143 g/mol. The van der Waals surface area contributed by atoms with Crippen molar-refractivity contribution in [3.63, 3.8) is 0 Å². The molecule has 0 saturated carbocycles. The average molecular weight is 143 g/mol. The second-order valence-corrected chi connectivity index (χ2v) is 1.97. The van der Waals surface area contributed by atoms with Crippen LogP contribution in [0.3, 0.4) is 0 Å². The smallest absolute Gasteiger partial charge is 0.304 e. The summed E-state index contributed by atoms with van der Waals surface area (Å²) in [5.74, 6) is -0.758. The van der Waals surface area contributed by atoms with Gasteiger partial charge in [-0.15, -0.1) is 6.58 Å². The predicted octanol–water partition coefficient (Wildman–Crippen LogP) is 0.627. The summed E-state index contributed by atoms with van der Waals surface area (Å²) in [4.78, 5) is 9.97. The first-order chi connectivity index (χ1) is 4.77. The van der Waals surface area contributed by atoms with Gasteiger partial charge in [0.1, 0.15) is 0 Å². The molecule has 0 saturated heterocycles. The van der Waals surface area contributed by atoms with E-state index in [9.17, 15) is 4.79 Å². The molecular weight excluding hydrogens is 130 g/mol. The Morgan fingerprint density at radius 3 is 2.80 bits per heavy atom. The second kappa shape index (κ2) is 6.29. The maximum atomic E-state index is 9.97. The molecule has 0 rings (SSSR count). The van der Waals surface area contributed by atoms with Crippen LogP contribution < -0.4 is 5.32 Å². The fourth-order valence-electron chi connectivity index (χ4n) is 0.524. The van der Waals surface area contributed by atoms with Crippen molar-refractivity contribution in [3.05, 3.63) is 12.7 Å². The van der Waals surface area contributed by atoms with Crippen LogP contribution in [0.1, 0.15) is 12.8 Å². The Labute approximate surface area is 60.7 Å². The zero-order valence-corrected chi connectivity index (χ0v) is 5.97. The van der Waals surface area contributed by atoms with Crippen molar-refractivity contribution in [2.45, 2.75) is 12.8 Å². The summed E-state index contributed by atoms with van der Waals surface area (Å²) >= 11 is 0. The summed E-state index contributed by atoms with van der Waals surface area (Å²) in [6, 6.07) is 0. The number of rotatable bonds is 6. The van der Waals surface area contributed by atoms with Gasteiger partial charge in [0.15, 0.2) is 0 Å². The number of hydrogen-bond acceptors (Lipinski definition) is 2. The van der Waals surface area contributed by atoms with E-state index in [1.54, 1.807) is 6.08 Å². The van der Waals surface area contributed by atoms with Crippen molar-refractivity contribution in [3.8, 4) is 0 Å². The first kappa shape index (κ1) is 9.17. The van der Waals surface area contributed by atoms with E-state index < -0.39 is 5.97 Å². The van der Waals surface area contributed by atoms with Crippen molar-refractivity contribution in [2.24, 2.45) is 0 Å². The maximum Gasteiger partial charge on any atom is 0.304 e. The van der Waals surface area contributed by atoms with Gasteiger partial charge in [0, 0.05) is 6.54 Å². The normalized spacial score (nSPS) is 9.20. The van der Waals surface area contributed by atoms with Gasteiger partial charge in [-0.1, -0.05) is 6.08 Å². The largest absolute Gasteiger partial charge is 0.481 e. The molecule has 3 nitrogen and oxygen atoms in total. The van der Waals surface area contributed by atoms with Crippen molar-refractivity contribution in [1.29, 1.82) is 0 Å². The van der Waals surface area contributed by atoms with Crippen molar-refractivity contribution < 1.29 is 9.90 Å². The summed E-state index contributed by atoms with van der Waals surface area (Å²) in [5, 5.41) is 11.2. The second-order valence-electron chi connectivity index (χ2n) is 1.97. The molecule has 0 fully saturated rings. The maximum absolute atomic E-state index is 9.97. The van der Waals surface area contributed by atoms with Crippen LogP contribution in [0.2, 0.25) is 0 Å². The summed E-state index contributed by atoms with van der Waals surface area (Å²) < 4.78 is 0. The van der Waals surface area contributed by atoms with Crippen molar-refractivity contribution >= 4 is 5.97 Å². The lowest BCUT2D eigenvalue weighted by Gasteiger charge is -1.97. The number of hydrogen-bond donors (Lipinski definition) is 2. The van der Waals surface area contributed by atoms with Gasteiger partial charge in [0.2, 0.25) is 0 Å². The van der Waals surface area contributed by atoms with E-state index in [1.165, 1.54) is 0 Å². The fourth-order valence-corrected chi connectivity index (χ4v) is 0.524. The molecule has 0 heterocycles. The molecule has 0 aromatic carbocycles. The number of carboxylic acid groups (broad SMARTS) is 1. The Bertz CT molecular complexity index is 112. The third-order valence-corrected chi connectivity index (χ3v) is 1.04. The predicted molar refractivity (Wildman–Crippen MR) is 39.9 cm³/mol. The molecule has 2 N–H and O–H groups in total. The molecule has 0 aliphatic carbocycles. The number of carboxylic acids is 1. The number of nitrogens with one attached hydrogen (secondary N) is 1. The van der Waals surface area contributed by atoms with Gasteiger partial charge in [0.25, 0.3) is 0 Å². The third-order valence-electron chi connectivity index (χ3n) is 1.04. The van der Waals surface area contributed by atoms with Crippen LogP contribution in [-0.2, 0) is 4.79 Å². The van der Waals surface area contributed by atoms with Crippen LogP contribution in [0, 0.1) is 0 Å². The molecule has 10 heavy (non-hydrogen) atoms. The molecule has 3 heteroatoms. The quantitative estimate of drug-likeness (QED) is 0.423. The Kier molecular flexibility index (Phi) is 5.77. The molecule has 0 aromatic rings. The molecule has 0 spiro atoms. The van der Waals surface area contributed by atoms with Crippen molar-refractivity contribution in [1.82, 2.24) is 5.32 Å². The van der Waals surface area contributed by atoms with Crippen LogP contribution in [0.5, 0.6) is 0 Å². The van der Waals surface area contributed by atoms with Gasteiger partial charge in [-0.05, 0) is 13.0 Å².